The van der Waals surface area contributed by atoms with Crippen LogP contribution in [0, 0.1) is 5.82 Å². The minimum atomic E-state index is -0.374. The molecule has 4 nitrogen and oxygen atoms in total. The number of nitrogens with one attached hydrogen (secondary N) is 2. The molecular weight excluding hydrogens is 313 g/mol. The van der Waals surface area contributed by atoms with Gasteiger partial charge in [-0.1, -0.05) is 6.08 Å². The van der Waals surface area contributed by atoms with Crippen LogP contribution in [0.3, 0.4) is 0 Å². The SMILES string of the molecule is CC1=CC(C)(C)N(C)c2cc(F)c(/C=C3\NC(=S)NC3=O)cc21. The van der Waals surface area contributed by atoms with Crippen molar-refractivity contribution in [3.8, 4) is 0 Å². The summed E-state index contributed by atoms with van der Waals surface area (Å²) in [5.41, 5.74) is 3.31. The van der Waals surface area contributed by atoms with E-state index in [0.717, 1.165) is 16.8 Å². The van der Waals surface area contributed by atoms with Crippen molar-refractivity contribution >= 4 is 40.6 Å². The Labute approximate surface area is 140 Å². The van der Waals surface area contributed by atoms with Crippen molar-refractivity contribution in [3.05, 3.63) is 40.8 Å². The second-order valence-corrected chi connectivity index (χ2v) is 6.81. The summed E-state index contributed by atoms with van der Waals surface area (Å²) in [6.45, 7) is 6.18. The van der Waals surface area contributed by atoms with E-state index in [0.29, 0.717) is 5.56 Å². The molecule has 2 aliphatic heterocycles. The number of allylic oxidation sites excluding steroid dienone is 1. The summed E-state index contributed by atoms with van der Waals surface area (Å²) in [5.74, 6) is -0.723. The van der Waals surface area contributed by atoms with Crippen molar-refractivity contribution in [2.45, 2.75) is 26.3 Å². The van der Waals surface area contributed by atoms with Crippen molar-refractivity contribution in [2.75, 3.05) is 11.9 Å². The molecular formula is C17H18FN3OS. The third-order valence-electron chi connectivity index (χ3n) is 4.36. The van der Waals surface area contributed by atoms with Crippen LogP contribution in [0.2, 0.25) is 0 Å². The largest absolute Gasteiger partial charge is 0.365 e. The maximum absolute atomic E-state index is 14.5. The molecule has 1 aromatic carbocycles. The number of carbonyl (C=O) groups is 1. The van der Waals surface area contributed by atoms with E-state index in [9.17, 15) is 9.18 Å². The summed E-state index contributed by atoms with van der Waals surface area (Å²) < 4.78 is 14.5. The maximum Gasteiger partial charge on any atom is 0.273 e. The molecule has 120 valence electrons. The van der Waals surface area contributed by atoms with Crippen LogP contribution >= 0.6 is 12.2 Å². The van der Waals surface area contributed by atoms with Crippen LogP contribution in [0.5, 0.6) is 0 Å². The number of thiocarbonyl (C=S) groups is 1. The van der Waals surface area contributed by atoms with Crippen LogP contribution in [0.15, 0.2) is 23.9 Å². The second kappa shape index (κ2) is 5.16. The third-order valence-corrected chi connectivity index (χ3v) is 4.56. The summed E-state index contributed by atoms with van der Waals surface area (Å²) in [6.07, 6.45) is 3.64. The Hall–Kier alpha value is -2.21. The van der Waals surface area contributed by atoms with Crippen molar-refractivity contribution < 1.29 is 9.18 Å². The molecule has 1 fully saturated rings. The Bertz CT molecular complexity index is 795. The summed E-state index contributed by atoms with van der Waals surface area (Å²) in [4.78, 5) is 13.8. The predicted octanol–water partition coefficient (Wildman–Crippen LogP) is 2.80. The van der Waals surface area contributed by atoms with E-state index >= 15 is 0 Å². The number of hydrogen-bond acceptors (Lipinski definition) is 3. The number of carbonyl (C=O) groups excluding carboxylic acids is 1. The molecule has 0 unspecified atom stereocenters. The van der Waals surface area contributed by atoms with Crippen molar-refractivity contribution in [1.29, 1.82) is 0 Å². The van der Waals surface area contributed by atoms with E-state index < -0.39 is 0 Å². The van der Waals surface area contributed by atoms with Crippen LogP contribution in [-0.2, 0) is 4.79 Å². The molecule has 0 atom stereocenters. The van der Waals surface area contributed by atoms with Gasteiger partial charge in [0.2, 0.25) is 0 Å². The molecule has 1 aromatic rings. The molecule has 2 aliphatic rings. The van der Waals surface area contributed by atoms with Gasteiger partial charge in [-0.05, 0) is 56.8 Å². The summed E-state index contributed by atoms with van der Waals surface area (Å²) in [5, 5.41) is 5.43. The van der Waals surface area contributed by atoms with E-state index in [1.54, 1.807) is 6.07 Å². The normalized spacial score (nSPS) is 21.0. The predicted molar refractivity (Wildman–Crippen MR) is 94.4 cm³/mol. The minimum Gasteiger partial charge on any atom is -0.365 e. The number of nitrogens with zero attached hydrogens (tertiary/aromatic N) is 1. The average molecular weight is 331 g/mol. The van der Waals surface area contributed by atoms with Gasteiger partial charge in [0, 0.05) is 23.9 Å². The van der Waals surface area contributed by atoms with Crippen molar-refractivity contribution in [2.24, 2.45) is 0 Å². The number of hydrogen-bond donors (Lipinski definition) is 2. The zero-order chi connectivity index (χ0) is 16.9. The number of rotatable bonds is 1. The lowest BCUT2D eigenvalue weighted by Gasteiger charge is -2.40. The van der Waals surface area contributed by atoms with Gasteiger partial charge < -0.3 is 10.2 Å². The fraction of sp³-hybridized carbons (Fsp3) is 0.294. The molecule has 2 N–H and O–H groups in total. The highest BCUT2D eigenvalue weighted by Gasteiger charge is 2.29. The van der Waals surface area contributed by atoms with E-state index in [1.807, 2.05) is 18.9 Å². The van der Waals surface area contributed by atoms with Gasteiger partial charge in [0.1, 0.15) is 11.5 Å². The molecule has 6 heteroatoms. The average Bonchev–Trinajstić information content (AvgIpc) is 2.76. The maximum atomic E-state index is 14.5. The van der Waals surface area contributed by atoms with Gasteiger partial charge in [0.25, 0.3) is 5.91 Å². The Morgan fingerprint density at radius 1 is 1.30 bits per heavy atom. The lowest BCUT2D eigenvalue weighted by Crippen LogP contribution is -2.42. The van der Waals surface area contributed by atoms with Gasteiger partial charge in [-0.3, -0.25) is 10.1 Å². The van der Waals surface area contributed by atoms with E-state index in [1.165, 1.54) is 12.1 Å². The van der Waals surface area contributed by atoms with Gasteiger partial charge >= 0.3 is 0 Å². The molecule has 0 saturated carbocycles. The number of fused-ring (bicyclic) bond motifs is 1. The van der Waals surface area contributed by atoms with Gasteiger partial charge in [-0.25, -0.2) is 4.39 Å². The first-order chi connectivity index (χ1) is 10.7. The van der Waals surface area contributed by atoms with E-state index in [2.05, 4.69) is 30.6 Å². The van der Waals surface area contributed by atoms with Crippen molar-refractivity contribution in [3.63, 3.8) is 0 Å². The Kier molecular flexibility index (Phi) is 3.52. The molecule has 0 radical (unpaired) electrons. The molecule has 0 bridgehead atoms. The zero-order valence-corrected chi connectivity index (χ0v) is 14.3. The lowest BCUT2D eigenvalue weighted by atomic mass is 9.88. The molecule has 2 heterocycles. The quantitative estimate of drug-likeness (QED) is 0.613. The number of halogens is 1. The first-order valence-electron chi connectivity index (χ1n) is 7.30. The topological polar surface area (TPSA) is 44.4 Å². The van der Waals surface area contributed by atoms with Crippen LogP contribution in [0.4, 0.5) is 10.1 Å². The van der Waals surface area contributed by atoms with E-state index in [-0.39, 0.29) is 28.1 Å². The van der Waals surface area contributed by atoms with Crippen LogP contribution in [-0.4, -0.2) is 23.6 Å². The number of likely N-dealkylation sites (N-methyl/N-ethyl adjacent to an activating group) is 1. The fourth-order valence-corrected chi connectivity index (χ4v) is 3.14. The Morgan fingerprint density at radius 3 is 2.61 bits per heavy atom. The molecule has 0 spiro atoms. The van der Waals surface area contributed by atoms with Gasteiger partial charge in [-0.15, -0.1) is 0 Å². The summed E-state index contributed by atoms with van der Waals surface area (Å²) in [6, 6.07) is 3.29. The zero-order valence-electron chi connectivity index (χ0n) is 13.5. The van der Waals surface area contributed by atoms with Crippen LogP contribution < -0.4 is 15.5 Å². The number of benzene rings is 1. The van der Waals surface area contributed by atoms with Crippen LogP contribution in [0.1, 0.15) is 31.9 Å². The first kappa shape index (κ1) is 15.7. The standard InChI is InChI=1S/C17H18FN3OS/c1-9-8-17(2,3)21(4)14-7-12(18)10(5-11(9)14)6-13-15(22)20-16(23)19-13/h5-8H,1-4H3,(H2,19,20,22,23)/b13-6-. The molecule has 0 aromatic heterocycles. The molecule has 1 amide bonds. The highest BCUT2D eigenvalue weighted by Crippen LogP contribution is 2.39. The van der Waals surface area contributed by atoms with Crippen LogP contribution in [0.25, 0.3) is 11.6 Å². The highest BCUT2D eigenvalue weighted by atomic mass is 32.1. The summed E-state index contributed by atoms with van der Waals surface area (Å²) in [7, 11) is 1.95. The first-order valence-corrected chi connectivity index (χ1v) is 7.71. The van der Waals surface area contributed by atoms with Gasteiger partial charge in [0.05, 0.1) is 5.54 Å². The monoisotopic (exact) mass is 331 g/mol. The molecule has 3 rings (SSSR count). The highest BCUT2D eigenvalue weighted by molar-refractivity contribution is 7.80. The lowest BCUT2D eigenvalue weighted by molar-refractivity contribution is -0.115. The number of amides is 1. The molecule has 1 saturated heterocycles. The molecule has 23 heavy (non-hydrogen) atoms. The van der Waals surface area contributed by atoms with Crippen molar-refractivity contribution in [1.82, 2.24) is 10.6 Å². The minimum absolute atomic E-state index is 0.178. The Balaban J connectivity index is 2.10. The van der Waals surface area contributed by atoms with Gasteiger partial charge in [-0.2, -0.15) is 0 Å². The fourth-order valence-electron chi connectivity index (χ4n) is 2.94. The Morgan fingerprint density at radius 2 is 2.00 bits per heavy atom. The second-order valence-electron chi connectivity index (χ2n) is 6.40. The van der Waals surface area contributed by atoms with Gasteiger partial charge in [0.15, 0.2) is 5.11 Å². The molecule has 0 aliphatic carbocycles. The third kappa shape index (κ3) is 2.63. The summed E-state index contributed by atoms with van der Waals surface area (Å²) >= 11 is 4.89. The van der Waals surface area contributed by atoms with E-state index in [4.69, 9.17) is 12.2 Å². The number of anilines is 1. The smallest absolute Gasteiger partial charge is 0.273 e.